The van der Waals surface area contributed by atoms with Crippen LogP contribution < -0.4 is 4.90 Å². The molecule has 1 aliphatic rings. The van der Waals surface area contributed by atoms with E-state index in [1.54, 1.807) is 12.4 Å². The number of nitrogens with one attached hydrogen (secondary N) is 1. The van der Waals surface area contributed by atoms with Crippen molar-refractivity contribution < 1.29 is 5.11 Å². The highest BCUT2D eigenvalue weighted by atomic mass is 16.3. The minimum Gasteiger partial charge on any atom is -0.387 e. The Morgan fingerprint density at radius 2 is 1.88 bits per heavy atom. The molecule has 6 heteroatoms. The van der Waals surface area contributed by atoms with Crippen molar-refractivity contribution in [2.24, 2.45) is 0 Å². The van der Waals surface area contributed by atoms with Gasteiger partial charge in [0.15, 0.2) is 0 Å². The van der Waals surface area contributed by atoms with Crippen molar-refractivity contribution in [2.75, 3.05) is 37.6 Å². The van der Waals surface area contributed by atoms with Crippen LogP contribution >= 0.6 is 0 Å². The Bertz CT molecular complexity index is 855. The van der Waals surface area contributed by atoms with Crippen LogP contribution in [0.25, 0.3) is 10.9 Å². The third-order valence-electron chi connectivity index (χ3n) is 5.21. The van der Waals surface area contributed by atoms with Gasteiger partial charge in [0.1, 0.15) is 0 Å². The molecule has 0 radical (unpaired) electrons. The predicted octanol–water partition coefficient (Wildman–Crippen LogP) is 2.38. The number of rotatable bonds is 5. The van der Waals surface area contributed by atoms with Gasteiger partial charge in [-0.2, -0.15) is 0 Å². The standard InChI is InChI=1S/C20H25N5O/c1-2-15-5-3-6-16-17(13-23-19(15)16)18(26)14-24-9-11-25(12-10-24)20-21-7-4-8-22-20/h3-8,13,18,23,26H,2,9-12,14H2,1H3/t18-/m1/s1. The molecular formula is C20H25N5O. The van der Waals surface area contributed by atoms with Gasteiger partial charge >= 0.3 is 0 Å². The maximum absolute atomic E-state index is 10.8. The van der Waals surface area contributed by atoms with Crippen molar-refractivity contribution in [3.63, 3.8) is 0 Å². The number of fused-ring (bicyclic) bond motifs is 1. The molecule has 4 rings (SSSR count). The normalized spacial score (nSPS) is 16.9. The molecule has 1 atom stereocenters. The molecule has 1 fully saturated rings. The first-order chi connectivity index (χ1) is 12.8. The van der Waals surface area contributed by atoms with E-state index in [1.165, 1.54) is 5.56 Å². The highest BCUT2D eigenvalue weighted by Crippen LogP contribution is 2.27. The van der Waals surface area contributed by atoms with Gasteiger partial charge < -0.3 is 15.0 Å². The summed E-state index contributed by atoms with van der Waals surface area (Å²) in [5.41, 5.74) is 3.43. The number of aryl methyl sites for hydroxylation is 1. The van der Waals surface area contributed by atoms with Gasteiger partial charge in [-0.1, -0.05) is 25.1 Å². The second-order valence-electron chi connectivity index (χ2n) is 6.79. The molecule has 0 bridgehead atoms. The fourth-order valence-corrected chi connectivity index (χ4v) is 3.74. The van der Waals surface area contributed by atoms with Crippen LogP contribution in [-0.4, -0.2) is 57.7 Å². The Morgan fingerprint density at radius 1 is 1.12 bits per heavy atom. The summed E-state index contributed by atoms with van der Waals surface area (Å²) < 4.78 is 0. The molecule has 6 nitrogen and oxygen atoms in total. The van der Waals surface area contributed by atoms with E-state index in [4.69, 9.17) is 0 Å². The number of aromatic nitrogens is 3. The number of anilines is 1. The van der Waals surface area contributed by atoms with Gasteiger partial charge in [0, 0.05) is 67.8 Å². The molecule has 1 aromatic carbocycles. The van der Waals surface area contributed by atoms with Crippen LogP contribution in [-0.2, 0) is 6.42 Å². The van der Waals surface area contributed by atoms with Crippen LogP contribution in [0.15, 0.2) is 42.9 Å². The number of piperazine rings is 1. The van der Waals surface area contributed by atoms with Crippen molar-refractivity contribution in [3.05, 3.63) is 54.0 Å². The van der Waals surface area contributed by atoms with E-state index in [2.05, 4.69) is 49.9 Å². The summed E-state index contributed by atoms with van der Waals surface area (Å²) in [6, 6.07) is 8.14. The number of hydrogen-bond donors (Lipinski definition) is 2. The zero-order valence-corrected chi connectivity index (χ0v) is 15.1. The zero-order chi connectivity index (χ0) is 17.9. The van der Waals surface area contributed by atoms with E-state index in [-0.39, 0.29) is 0 Å². The molecule has 0 spiro atoms. The molecular weight excluding hydrogens is 326 g/mol. The molecule has 1 aliphatic heterocycles. The van der Waals surface area contributed by atoms with E-state index in [9.17, 15) is 5.11 Å². The summed E-state index contributed by atoms with van der Waals surface area (Å²) in [5.74, 6) is 0.788. The Balaban J connectivity index is 1.41. The topological polar surface area (TPSA) is 68.3 Å². The second kappa shape index (κ2) is 7.43. The third kappa shape index (κ3) is 3.30. The van der Waals surface area contributed by atoms with Crippen LogP contribution in [0.3, 0.4) is 0 Å². The number of β-amino-alcohol motifs (C(OH)–C–C–N with tert-alkyl or cyclic N) is 1. The average Bonchev–Trinajstić information content (AvgIpc) is 3.13. The molecule has 2 N–H and O–H groups in total. The van der Waals surface area contributed by atoms with Gasteiger partial charge in [-0.05, 0) is 18.1 Å². The molecule has 0 amide bonds. The fourth-order valence-electron chi connectivity index (χ4n) is 3.74. The minimum atomic E-state index is -0.490. The number of aliphatic hydroxyl groups excluding tert-OH is 1. The predicted molar refractivity (Wildman–Crippen MR) is 103 cm³/mol. The Morgan fingerprint density at radius 3 is 2.62 bits per heavy atom. The summed E-state index contributed by atoms with van der Waals surface area (Å²) in [6.45, 7) is 6.36. The molecule has 3 heterocycles. The molecule has 1 saturated heterocycles. The van der Waals surface area contributed by atoms with Crippen LogP contribution in [0.2, 0.25) is 0 Å². The number of hydrogen-bond acceptors (Lipinski definition) is 5. The van der Waals surface area contributed by atoms with E-state index >= 15 is 0 Å². The number of para-hydroxylation sites is 1. The quantitative estimate of drug-likeness (QED) is 0.739. The second-order valence-corrected chi connectivity index (χ2v) is 6.79. The van der Waals surface area contributed by atoms with Crippen molar-refractivity contribution >= 4 is 16.9 Å². The van der Waals surface area contributed by atoms with Gasteiger partial charge in [0.2, 0.25) is 5.95 Å². The molecule has 3 aromatic rings. The number of aromatic amines is 1. The van der Waals surface area contributed by atoms with Gasteiger partial charge in [-0.15, -0.1) is 0 Å². The number of aliphatic hydroxyl groups is 1. The van der Waals surface area contributed by atoms with Crippen LogP contribution in [0, 0.1) is 0 Å². The van der Waals surface area contributed by atoms with Gasteiger partial charge in [-0.3, -0.25) is 4.90 Å². The van der Waals surface area contributed by atoms with Gasteiger partial charge in [-0.25, -0.2) is 9.97 Å². The number of benzene rings is 1. The first kappa shape index (κ1) is 17.0. The lowest BCUT2D eigenvalue weighted by Crippen LogP contribution is -2.48. The fraction of sp³-hybridized carbons (Fsp3) is 0.400. The van der Waals surface area contributed by atoms with Crippen molar-refractivity contribution in [2.45, 2.75) is 19.4 Å². The van der Waals surface area contributed by atoms with Crippen LogP contribution in [0.5, 0.6) is 0 Å². The van der Waals surface area contributed by atoms with Gasteiger partial charge in [0.25, 0.3) is 0 Å². The Kier molecular flexibility index (Phi) is 4.86. The zero-order valence-electron chi connectivity index (χ0n) is 15.1. The summed E-state index contributed by atoms with van der Waals surface area (Å²) in [4.78, 5) is 16.5. The molecule has 0 aliphatic carbocycles. The van der Waals surface area contributed by atoms with E-state index in [0.29, 0.717) is 6.54 Å². The monoisotopic (exact) mass is 351 g/mol. The van der Waals surface area contributed by atoms with E-state index < -0.39 is 6.10 Å². The Labute approximate surface area is 153 Å². The number of nitrogens with zero attached hydrogens (tertiary/aromatic N) is 4. The molecule has 0 saturated carbocycles. The highest BCUT2D eigenvalue weighted by Gasteiger charge is 2.22. The van der Waals surface area contributed by atoms with Crippen molar-refractivity contribution in [1.29, 1.82) is 0 Å². The smallest absolute Gasteiger partial charge is 0.225 e. The average molecular weight is 351 g/mol. The number of H-pyrrole nitrogens is 1. The molecule has 2 aromatic heterocycles. The first-order valence-corrected chi connectivity index (χ1v) is 9.27. The largest absolute Gasteiger partial charge is 0.387 e. The minimum absolute atomic E-state index is 0.490. The summed E-state index contributed by atoms with van der Waals surface area (Å²) in [5, 5.41) is 11.9. The lowest BCUT2D eigenvalue weighted by Gasteiger charge is -2.35. The third-order valence-corrected chi connectivity index (χ3v) is 5.21. The maximum atomic E-state index is 10.8. The Hall–Kier alpha value is -2.44. The molecule has 26 heavy (non-hydrogen) atoms. The summed E-state index contributed by atoms with van der Waals surface area (Å²) in [6.07, 6.45) is 6.01. The van der Waals surface area contributed by atoms with Crippen LogP contribution in [0.4, 0.5) is 5.95 Å². The van der Waals surface area contributed by atoms with Gasteiger partial charge in [0.05, 0.1) is 6.10 Å². The van der Waals surface area contributed by atoms with E-state index in [1.807, 2.05) is 12.3 Å². The first-order valence-electron chi connectivity index (χ1n) is 9.27. The van der Waals surface area contributed by atoms with Crippen molar-refractivity contribution in [1.82, 2.24) is 19.9 Å². The lowest BCUT2D eigenvalue weighted by molar-refractivity contribution is 0.110. The molecule has 0 unspecified atom stereocenters. The SMILES string of the molecule is CCc1cccc2c([C@H](O)CN3CCN(c4ncccn4)CC3)c[nH]c12. The summed E-state index contributed by atoms with van der Waals surface area (Å²) >= 11 is 0. The maximum Gasteiger partial charge on any atom is 0.225 e. The lowest BCUT2D eigenvalue weighted by atomic mass is 10.0. The van der Waals surface area contributed by atoms with E-state index in [0.717, 1.165) is 55.0 Å². The molecule has 136 valence electrons. The highest BCUT2D eigenvalue weighted by molar-refractivity contribution is 5.86. The van der Waals surface area contributed by atoms with Crippen molar-refractivity contribution in [3.8, 4) is 0 Å². The van der Waals surface area contributed by atoms with Crippen LogP contribution in [0.1, 0.15) is 24.2 Å². The summed E-state index contributed by atoms with van der Waals surface area (Å²) in [7, 11) is 0.